The van der Waals surface area contributed by atoms with Crippen LogP contribution >= 0.6 is 0 Å². The van der Waals surface area contributed by atoms with Gasteiger partial charge in [-0.3, -0.25) is 0 Å². The quantitative estimate of drug-likeness (QED) is 0.457. The molecule has 0 heterocycles. The molecule has 1 fully saturated rings. The van der Waals surface area contributed by atoms with Crippen LogP contribution in [-0.2, 0) is 0 Å². The SMILES string of the molecule is [CH2+]C1C(C)[C@H](C=N)C(C)C[C@H]1C. The molecule has 0 aromatic rings. The molecule has 0 aromatic heterocycles. The second-order valence-corrected chi connectivity index (χ2v) is 4.46. The zero-order valence-corrected chi connectivity index (χ0v) is 8.38. The second-order valence-electron chi connectivity index (χ2n) is 4.46. The number of hydrogen-bond donors (Lipinski definition) is 1. The van der Waals surface area contributed by atoms with Crippen LogP contribution in [0.15, 0.2) is 0 Å². The minimum Gasteiger partial charge on any atom is -0.313 e. The molecular formula is C11H20N+. The molecule has 1 saturated carbocycles. The normalized spacial score (nSPS) is 48.8. The Hall–Kier alpha value is -0.460. The van der Waals surface area contributed by atoms with E-state index in [1.165, 1.54) is 6.42 Å². The Kier molecular flexibility index (Phi) is 2.81. The van der Waals surface area contributed by atoms with Crippen molar-refractivity contribution in [1.29, 1.82) is 5.41 Å². The predicted octanol–water partition coefficient (Wildman–Crippen LogP) is 3.01. The summed E-state index contributed by atoms with van der Waals surface area (Å²) >= 11 is 0. The highest BCUT2D eigenvalue weighted by Gasteiger charge is 2.39. The molecule has 12 heavy (non-hydrogen) atoms. The van der Waals surface area contributed by atoms with Gasteiger partial charge in [0.05, 0.1) is 6.92 Å². The fraction of sp³-hybridized carbons (Fsp3) is 0.818. The van der Waals surface area contributed by atoms with Crippen LogP contribution in [0.1, 0.15) is 27.2 Å². The molecule has 1 N–H and O–H groups in total. The van der Waals surface area contributed by atoms with Crippen LogP contribution < -0.4 is 0 Å². The van der Waals surface area contributed by atoms with Gasteiger partial charge < -0.3 is 5.41 Å². The van der Waals surface area contributed by atoms with Crippen molar-refractivity contribution in [2.24, 2.45) is 29.6 Å². The van der Waals surface area contributed by atoms with E-state index in [1.807, 2.05) is 0 Å². The fourth-order valence-corrected chi connectivity index (χ4v) is 2.56. The summed E-state index contributed by atoms with van der Waals surface area (Å²) in [5.74, 6) is 2.98. The first-order chi connectivity index (χ1) is 5.57. The Morgan fingerprint density at radius 1 is 1.25 bits per heavy atom. The Bertz CT molecular complexity index is 164. The van der Waals surface area contributed by atoms with Crippen LogP contribution in [0.5, 0.6) is 0 Å². The molecule has 1 aliphatic carbocycles. The molecule has 0 spiro atoms. The summed E-state index contributed by atoms with van der Waals surface area (Å²) in [6.45, 7) is 11.0. The van der Waals surface area contributed by atoms with Crippen molar-refractivity contribution >= 4 is 6.21 Å². The lowest BCUT2D eigenvalue weighted by molar-refractivity contribution is 0.133. The highest BCUT2D eigenvalue weighted by molar-refractivity contribution is 5.58. The van der Waals surface area contributed by atoms with E-state index >= 15 is 0 Å². The van der Waals surface area contributed by atoms with E-state index in [4.69, 9.17) is 5.41 Å². The maximum absolute atomic E-state index is 7.36. The zero-order valence-electron chi connectivity index (χ0n) is 8.38. The van der Waals surface area contributed by atoms with Gasteiger partial charge in [0.1, 0.15) is 5.92 Å². The van der Waals surface area contributed by atoms with Gasteiger partial charge in [0.2, 0.25) is 0 Å². The summed E-state index contributed by atoms with van der Waals surface area (Å²) in [5.41, 5.74) is 0. The molecule has 0 bridgehead atoms. The summed E-state index contributed by atoms with van der Waals surface area (Å²) < 4.78 is 0. The van der Waals surface area contributed by atoms with E-state index < -0.39 is 0 Å². The van der Waals surface area contributed by atoms with Gasteiger partial charge >= 0.3 is 0 Å². The first-order valence-electron chi connectivity index (χ1n) is 4.91. The summed E-state index contributed by atoms with van der Waals surface area (Å²) in [5, 5.41) is 7.36. The first-order valence-corrected chi connectivity index (χ1v) is 4.91. The van der Waals surface area contributed by atoms with Crippen molar-refractivity contribution < 1.29 is 0 Å². The van der Waals surface area contributed by atoms with Crippen LogP contribution in [0.4, 0.5) is 0 Å². The molecule has 3 unspecified atom stereocenters. The van der Waals surface area contributed by atoms with Gasteiger partial charge in [-0.2, -0.15) is 0 Å². The van der Waals surface area contributed by atoms with E-state index in [0.717, 1.165) is 5.92 Å². The summed E-state index contributed by atoms with van der Waals surface area (Å²) in [4.78, 5) is 0. The maximum Gasteiger partial charge on any atom is 0.101 e. The first kappa shape index (κ1) is 9.63. The Morgan fingerprint density at radius 3 is 2.33 bits per heavy atom. The van der Waals surface area contributed by atoms with Crippen molar-refractivity contribution in [1.82, 2.24) is 0 Å². The standard InChI is InChI=1S/C11H20N/c1-7-5-8(2)11(6-12)10(4)9(7)3/h6-12H,3,5H2,1-2,4H3/q+1/t7-,8?,9?,10?,11-/m1/s1. The van der Waals surface area contributed by atoms with Crippen molar-refractivity contribution in [3.63, 3.8) is 0 Å². The third-order valence-electron chi connectivity index (χ3n) is 3.61. The van der Waals surface area contributed by atoms with Crippen LogP contribution in [0.2, 0.25) is 0 Å². The van der Waals surface area contributed by atoms with E-state index in [-0.39, 0.29) is 0 Å². The minimum atomic E-state index is 0.462. The summed E-state index contributed by atoms with van der Waals surface area (Å²) in [7, 11) is 0. The number of hydrogen-bond acceptors (Lipinski definition) is 1. The van der Waals surface area contributed by atoms with Gasteiger partial charge in [-0.05, 0) is 24.5 Å². The lowest BCUT2D eigenvalue weighted by atomic mass is 9.64. The lowest BCUT2D eigenvalue weighted by Gasteiger charge is -2.37. The van der Waals surface area contributed by atoms with Crippen LogP contribution in [0.3, 0.4) is 0 Å². The molecule has 0 aliphatic heterocycles. The number of rotatable bonds is 1. The van der Waals surface area contributed by atoms with E-state index in [1.54, 1.807) is 6.21 Å². The third-order valence-corrected chi connectivity index (χ3v) is 3.61. The van der Waals surface area contributed by atoms with Crippen LogP contribution in [0, 0.1) is 41.9 Å². The van der Waals surface area contributed by atoms with E-state index in [9.17, 15) is 0 Å². The van der Waals surface area contributed by atoms with Gasteiger partial charge in [-0.15, -0.1) is 0 Å². The number of nitrogens with one attached hydrogen (secondary N) is 1. The highest BCUT2D eigenvalue weighted by atomic mass is 14.5. The molecule has 1 nitrogen and oxygen atoms in total. The van der Waals surface area contributed by atoms with Crippen LogP contribution in [-0.4, -0.2) is 6.21 Å². The molecule has 5 atom stereocenters. The maximum atomic E-state index is 7.36. The molecule has 1 aliphatic rings. The van der Waals surface area contributed by atoms with Crippen molar-refractivity contribution in [2.75, 3.05) is 0 Å². The Balaban J connectivity index is 2.71. The molecule has 0 aromatic carbocycles. The molecule has 68 valence electrons. The minimum absolute atomic E-state index is 0.462. The smallest absolute Gasteiger partial charge is 0.101 e. The molecule has 0 amide bonds. The lowest BCUT2D eigenvalue weighted by Crippen LogP contribution is -2.36. The van der Waals surface area contributed by atoms with Gasteiger partial charge in [0.25, 0.3) is 0 Å². The van der Waals surface area contributed by atoms with Gasteiger partial charge in [-0.25, -0.2) is 0 Å². The monoisotopic (exact) mass is 166 g/mol. The molecule has 1 rings (SSSR count). The van der Waals surface area contributed by atoms with Crippen LogP contribution in [0.25, 0.3) is 0 Å². The van der Waals surface area contributed by atoms with E-state index in [2.05, 4.69) is 27.7 Å². The third kappa shape index (κ3) is 1.50. The molecular weight excluding hydrogens is 146 g/mol. The highest BCUT2D eigenvalue weighted by Crippen LogP contribution is 2.40. The summed E-state index contributed by atoms with van der Waals surface area (Å²) in [6.07, 6.45) is 2.86. The summed E-state index contributed by atoms with van der Waals surface area (Å²) in [6, 6.07) is 0. The fourth-order valence-electron chi connectivity index (χ4n) is 2.56. The van der Waals surface area contributed by atoms with Gasteiger partial charge in [0, 0.05) is 11.8 Å². The molecule has 0 radical (unpaired) electrons. The topological polar surface area (TPSA) is 23.9 Å². The zero-order chi connectivity index (χ0) is 9.30. The van der Waals surface area contributed by atoms with Gasteiger partial charge in [0.15, 0.2) is 0 Å². The average Bonchev–Trinajstić information content (AvgIpc) is 2.01. The second kappa shape index (κ2) is 3.51. The molecule has 0 saturated heterocycles. The van der Waals surface area contributed by atoms with Gasteiger partial charge in [-0.1, -0.05) is 20.8 Å². The van der Waals surface area contributed by atoms with Crippen molar-refractivity contribution in [3.8, 4) is 0 Å². The van der Waals surface area contributed by atoms with E-state index in [0.29, 0.717) is 23.7 Å². The Labute approximate surface area is 76.1 Å². The Morgan fingerprint density at radius 2 is 1.83 bits per heavy atom. The average molecular weight is 166 g/mol. The predicted molar refractivity (Wildman–Crippen MR) is 53.2 cm³/mol. The van der Waals surface area contributed by atoms with Crippen molar-refractivity contribution in [2.45, 2.75) is 27.2 Å². The van der Waals surface area contributed by atoms with Crippen molar-refractivity contribution in [3.05, 3.63) is 6.92 Å². The largest absolute Gasteiger partial charge is 0.313 e. The molecule has 1 heteroatoms.